The SMILES string of the molecule is C[Si]1(C)C(c2ccccc2-c2nc3ccccc3o2)=C(c2ccccc2)C(c2ccccc2)=C1c1ccccc1-c1nc2ccccc2o1. The van der Waals surface area contributed by atoms with Crippen molar-refractivity contribution in [2.45, 2.75) is 13.1 Å². The Morgan fingerprint density at radius 1 is 0.388 bits per heavy atom. The van der Waals surface area contributed by atoms with Crippen LogP contribution in [0, 0.1) is 0 Å². The van der Waals surface area contributed by atoms with Crippen molar-refractivity contribution < 1.29 is 8.83 Å². The smallest absolute Gasteiger partial charge is 0.227 e. The Morgan fingerprint density at radius 3 is 1.14 bits per heavy atom. The van der Waals surface area contributed by atoms with Gasteiger partial charge in [0.1, 0.15) is 19.1 Å². The van der Waals surface area contributed by atoms with Gasteiger partial charge in [0.15, 0.2) is 11.2 Å². The highest BCUT2D eigenvalue weighted by Gasteiger charge is 2.45. The zero-order chi connectivity index (χ0) is 33.0. The number of para-hydroxylation sites is 4. The monoisotopic (exact) mass is 648 g/mol. The predicted octanol–water partition coefficient (Wildman–Crippen LogP) is 11.6. The van der Waals surface area contributed by atoms with Gasteiger partial charge in [-0.3, -0.25) is 0 Å². The van der Waals surface area contributed by atoms with E-state index < -0.39 is 8.07 Å². The maximum absolute atomic E-state index is 6.44. The van der Waals surface area contributed by atoms with E-state index in [-0.39, 0.29) is 0 Å². The molecule has 5 heteroatoms. The second-order valence-corrected chi connectivity index (χ2v) is 17.2. The fourth-order valence-electron chi connectivity index (χ4n) is 7.48. The molecule has 1 aliphatic rings. The van der Waals surface area contributed by atoms with Gasteiger partial charge in [-0.1, -0.05) is 134 Å². The molecule has 0 N–H and O–H groups in total. The summed E-state index contributed by atoms with van der Waals surface area (Å²) in [5, 5.41) is 2.69. The molecule has 8 aromatic rings. The minimum absolute atomic E-state index is 0.628. The van der Waals surface area contributed by atoms with Crippen LogP contribution in [0.3, 0.4) is 0 Å². The van der Waals surface area contributed by atoms with Gasteiger partial charge in [-0.2, -0.15) is 0 Å². The molecule has 9 rings (SSSR count). The van der Waals surface area contributed by atoms with Crippen LogP contribution in [0.25, 0.3) is 66.6 Å². The van der Waals surface area contributed by atoms with Gasteiger partial charge in [-0.15, -0.1) is 0 Å². The molecular formula is C44H32N2O2Si. The third kappa shape index (κ3) is 4.81. The summed E-state index contributed by atoms with van der Waals surface area (Å²) in [6, 6.07) is 54.8. The molecule has 0 atom stereocenters. The normalized spacial score (nSPS) is 14.3. The van der Waals surface area contributed by atoms with Crippen LogP contribution in [0.2, 0.25) is 13.1 Å². The molecular weight excluding hydrogens is 617 g/mol. The second kappa shape index (κ2) is 11.6. The fourth-order valence-corrected chi connectivity index (χ4v) is 11.3. The van der Waals surface area contributed by atoms with Crippen molar-refractivity contribution in [3.8, 4) is 22.9 Å². The average Bonchev–Trinajstić information content (AvgIpc) is 3.84. The molecule has 4 nitrogen and oxygen atoms in total. The average molecular weight is 649 g/mol. The lowest BCUT2D eigenvalue weighted by Gasteiger charge is -2.28. The van der Waals surface area contributed by atoms with Crippen LogP contribution >= 0.6 is 0 Å². The molecule has 1 aliphatic heterocycles. The van der Waals surface area contributed by atoms with Crippen molar-refractivity contribution >= 4 is 51.8 Å². The quantitative estimate of drug-likeness (QED) is 0.168. The zero-order valence-electron chi connectivity index (χ0n) is 27.2. The fraction of sp³-hybridized carbons (Fsp3) is 0.0455. The number of fused-ring (bicyclic) bond motifs is 2. The highest BCUT2D eigenvalue weighted by molar-refractivity contribution is 7.13. The molecule has 0 amide bonds. The van der Waals surface area contributed by atoms with E-state index in [2.05, 4.69) is 122 Å². The van der Waals surface area contributed by atoms with Crippen molar-refractivity contribution in [1.29, 1.82) is 0 Å². The topological polar surface area (TPSA) is 52.1 Å². The summed E-state index contributed by atoms with van der Waals surface area (Å²) in [4.78, 5) is 9.96. The van der Waals surface area contributed by atoms with Gasteiger partial charge in [-0.05, 0) is 80.2 Å². The Hall–Kier alpha value is -6.04. The van der Waals surface area contributed by atoms with Crippen molar-refractivity contribution in [1.82, 2.24) is 9.97 Å². The van der Waals surface area contributed by atoms with E-state index >= 15 is 0 Å². The molecule has 0 saturated carbocycles. The van der Waals surface area contributed by atoms with Crippen LogP contribution in [0.15, 0.2) is 167 Å². The molecule has 0 saturated heterocycles. The molecule has 234 valence electrons. The molecule has 0 radical (unpaired) electrons. The van der Waals surface area contributed by atoms with Crippen LogP contribution in [0.1, 0.15) is 22.3 Å². The maximum Gasteiger partial charge on any atom is 0.227 e. The van der Waals surface area contributed by atoms with Crippen molar-refractivity contribution in [3.63, 3.8) is 0 Å². The number of hydrogen-bond acceptors (Lipinski definition) is 4. The minimum Gasteiger partial charge on any atom is -0.436 e. The highest BCUT2D eigenvalue weighted by Crippen LogP contribution is 2.57. The predicted molar refractivity (Wildman–Crippen MR) is 203 cm³/mol. The summed E-state index contributed by atoms with van der Waals surface area (Å²) in [5.74, 6) is 1.26. The number of hydrogen-bond donors (Lipinski definition) is 0. The van der Waals surface area contributed by atoms with Crippen LogP contribution in [0.4, 0.5) is 0 Å². The number of benzene rings is 6. The van der Waals surface area contributed by atoms with Gasteiger partial charge in [0.05, 0.1) is 0 Å². The lowest BCUT2D eigenvalue weighted by atomic mass is 9.88. The second-order valence-electron chi connectivity index (χ2n) is 12.9. The Bertz CT molecular complexity index is 2330. The van der Waals surface area contributed by atoms with Crippen LogP contribution in [-0.4, -0.2) is 18.0 Å². The van der Waals surface area contributed by atoms with E-state index in [0.717, 1.165) is 44.5 Å². The summed E-state index contributed by atoms with van der Waals surface area (Å²) in [5.41, 5.74) is 12.4. The van der Waals surface area contributed by atoms with E-state index in [0.29, 0.717) is 11.8 Å². The molecule has 0 unspecified atom stereocenters. The van der Waals surface area contributed by atoms with Gasteiger partial charge in [0.2, 0.25) is 11.8 Å². The molecule has 6 aromatic carbocycles. The summed E-state index contributed by atoms with van der Waals surface area (Å²) < 4.78 is 12.9. The number of oxazole rings is 2. The summed E-state index contributed by atoms with van der Waals surface area (Å²) in [6.45, 7) is 4.95. The van der Waals surface area contributed by atoms with Gasteiger partial charge in [0, 0.05) is 11.1 Å². The van der Waals surface area contributed by atoms with Crippen LogP contribution < -0.4 is 0 Å². The van der Waals surface area contributed by atoms with E-state index in [1.165, 1.54) is 32.7 Å². The zero-order valence-corrected chi connectivity index (χ0v) is 28.2. The first-order valence-electron chi connectivity index (χ1n) is 16.6. The molecule has 0 fully saturated rings. The molecule has 49 heavy (non-hydrogen) atoms. The minimum atomic E-state index is -2.56. The summed E-state index contributed by atoms with van der Waals surface area (Å²) >= 11 is 0. The van der Waals surface area contributed by atoms with E-state index in [1.54, 1.807) is 0 Å². The third-order valence-corrected chi connectivity index (χ3v) is 13.1. The first kappa shape index (κ1) is 29.1. The molecule has 3 heterocycles. The Balaban J connectivity index is 1.36. The number of allylic oxidation sites excluding steroid dienone is 2. The van der Waals surface area contributed by atoms with Crippen molar-refractivity contribution in [2.24, 2.45) is 0 Å². The molecule has 0 aliphatic carbocycles. The first-order valence-corrected chi connectivity index (χ1v) is 19.6. The van der Waals surface area contributed by atoms with Crippen LogP contribution in [-0.2, 0) is 0 Å². The number of rotatable bonds is 6. The van der Waals surface area contributed by atoms with Gasteiger partial charge < -0.3 is 8.83 Å². The van der Waals surface area contributed by atoms with Crippen molar-refractivity contribution in [2.75, 3.05) is 0 Å². The Morgan fingerprint density at radius 2 is 0.735 bits per heavy atom. The van der Waals surface area contributed by atoms with Crippen LogP contribution in [0.5, 0.6) is 0 Å². The molecule has 0 bridgehead atoms. The van der Waals surface area contributed by atoms with Crippen molar-refractivity contribution in [3.05, 3.63) is 180 Å². The lowest BCUT2D eigenvalue weighted by Crippen LogP contribution is -2.29. The van der Waals surface area contributed by atoms with E-state index in [1.807, 2.05) is 48.5 Å². The summed E-state index contributed by atoms with van der Waals surface area (Å²) in [6.07, 6.45) is 0. The molecule has 2 aromatic heterocycles. The van der Waals surface area contributed by atoms with Gasteiger partial charge in [-0.25, -0.2) is 9.97 Å². The first-order chi connectivity index (χ1) is 24.1. The van der Waals surface area contributed by atoms with Gasteiger partial charge >= 0.3 is 0 Å². The van der Waals surface area contributed by atoms with E-state index in [9.17, 15) is 0 Å². The lowest BCUT2D eigenvalue weighted by molar-refractivity contribution is 0.619. The summed E-state index contributed by atoms with van der Waals surface area (Å²) in [7, 11) is -2.56. The molecule has 0 spiro atoms. The number of aromatic nitrogens is 2. The standard InChI is InChI=1S/C44H32N2O2Si/c1-49(2)41(31-21-9-11-23-33(31)43-45-35-25-13-15-27-37(35)47-43)39(29-17-5-3-6-18-29)40(30-19-7-4-8-20-30)42(49)32-22-10-12-24-34(32)44-46-36-26-14-16-28-38(36)48-44/h3-28H,1-2H3. The highest BCUT2D eigenvalue weighted by atomic mass is 28.3. The Kier molecular flexibility index (Phi) is 6.88. The largest absolute Gasteiger partial charge is 0.436 e. The third-order valence-electron chi connectivity index (χ3n) is 9.57. The van der Waals surface area contributed by atoms with Gasteiger partial charge in [0.25, 0.3) is 0 Å². The Labute approximate surface area is 285 Å². The maximum atomic E-state index is 6.44. The number of nitrogens with zero attached hydrogens (tertiary/aromatic N) is 2. The van der Waals surface area contributed by atoms with E-state index in [4.69, 9.17) is 18.8 Å².